The molecule has 82 valence electrons. The number of rotatable bonds is 5. The molecule has 0 fully saturated rings. The Kier molecular flexibility index (Phi) is 3.54. The Labute approximate surface area is 86.9 Å². The van der Waals surface area contributed by atoms with Gasteiger partial charge in [0, 0.05) is 12.5 Å². The van der Waals surface area contributed by atoms with Crippen molar-refractivity contribution in [1.29, 1.82) is 0 Å². The maximum atomic E-state index is 11.6. The maximum absolute atomic E-state index is 11.6. The quantitative estimate of drug-likeness (QED) is 0.731. The Bertz CT molecular complexity index is 370. The molecule has 0 aliphatic carbocycles. The molecule has 0 aromatic carbocycles. The molecule has 0 unspecified atom stereocenters. The lowest BCUT2D eigenvalue weighted by molar-refractivity contribution is -0.136. The van der Waals surface area contributed by atoms with Gasteiger partial charge in [0.25, 0.3) is 0 Å². The molecule has 0 spiro atoms. The molecule has 15 heavy (non-hydrogen) atoms. The van der Waals surface area contributed by atoms with Crippen LogP contribution in [0.5, 0.6) is 0 Å². The third-order valence-corrected chi connectivity index (χ3v) is 1.92. The van der Waals surface area contributed by atoms with Gasteiger partial charge in [-0.15, -0.1) is 5.10 Å². The van der Waals surface area contributed by atoms with Gasteiger partial charge in [-0.2, -0.15) is 0 Å². The molecule has 1 N–H and O–H groups in total. The number of Topliss-reactive ketones (excluding diaryl/α,β-unsaturated/α-hetero) is 1. The fourth-order valence-electron chi connectivity index (χ4n) is 1.17. The zero-order valence-electron chi connectivity index (χ0n) is 8.67. The lowest BCUT2D eigenvalue weighted by Crippen LogP contribution is -2.13. The van der Waals surface area contributed by atoms with Crippen molar-refractivity contribution in [2.75, 3.05) is 0 Å². The Balaban J connectivity index is 2.73. The Morgan fingerprint density at radius 1 is 1.47 bits per heavy atom. The first-order chi connectivity index (χ1) is 7.02. The number of aliphatic carboxylic acids is 1. The number of ketones is 1. The second-order valence-electron chi connectivity index (χ2n) is 3.47. The molecule has 0 radical (unpaired) electrons. The molecular weight excluding hydrogens is 198 g/mol. The average molecular weight is 211 g/mol. The first-order valence-electron chi connectivity index (χ1n) is 4.67. The second kappa shape index (κ2) is 4.68. The van der Waals surface area contributed by atoms with Gasteiger partial charge < -0.3 is 5.11 Å². The normalized spacial score (nSPS) is 10.6. The summed E-state index contributed by atoms with van der Waals surface area (Å²) in [6, 6.07) is 0.0382. The third kappa shape index (κ3) is 2.87. The van der Waals surface area contributed by atoms with Crippen LogP contribution in [0.15, 0.2) is 6.20 Å². The van der Waals surface area contributed by atoms with E-state index in [-0.39, 0.29) is 24.7 Å². The van der Waals surface area contributed by atoms with E-state index in [4.69, 9.17) is 5.11 Å². The van der Waals surface area contributed by atoms with Crippen molar-refractivity contribution < 1.29 is 14.7 Å². The molecule has 0 aliphatic rings. The molecule has 1 aromatic heterocycles. The number of hydrogen-bond donors (Lipinski definition) is 1. The van der Waals surface area contributed by atoms with Crippen molar-refractivity contribution in [1.82, 2.24) is 15.0 Å². The minimum absolute atomic E-state index is 0.0184. The standard InChI is InChI=1S/C9H13N3O3/c1-6(2)12-7(5-10-11-12)8(13)3-4-9(14)15/h5-6H,3-4H2,1-2H3,(H,14,15). The van der Waals surface area contributed by atoms with Gasteiger partial charge in [-0.05, 0) is 13.8 Å². The van der Waals surface area contributed by atoms with E-state index in [1.807, 2.05) is 13.8 Å². The van der Waals surface area contributed by atoms with Crippen molar-refractivity contribution in [2.45, 2.75) is 32.7 Å². The number of hydrogen-bond acceptors (Lipinski definition) is 4. The van der Waals surface area contributed by atoms with Crippen LogP contribution < -0.4 is 0 Å². The zero-order chi connectivity index (χ0) is 11.4. The molecule has 1 aromatic rings. The summed E-state index contributed by atoms with van der Waals surface area (Å²) in [6.07, 6.45) is 1.18. The maximum Gasteiger partial charge on any atom is 0.303 e. The average Bonchev–Trinajstić information content (AvgIpc) is 2.62. The van der Waals surface area contributed by atoms with E-state index < -0.39 is 5.97 Å². The van der Waals surface area contributed by atoms with Crippen molar-refractivity contribution >= 4 is 11.8 Å². The van der Waals surface area contributed by atoms with E-state index in [1.165, 1.54) is 10.9 Å². The lowest BCUT2D eigenvalue weighted by atomic mass is 10.1. The van der Waals surface area contributed by atoms with Crippen LogP contribution in [-0.4, -0.2) is 31.9 Å². The predicted octanol–water partition coefficient (Wildman–Crippen LogP) is 0.906. The van der Waals surface area contributed by atoms with Gasteiger partial charge in [0.05, 0.1) is 12.6 Å². The Hall–Kier alpha value is -1.72. The van der Waals surface area contributed by atoms with Gasteiger partial charge in [0.15, 0.2) is 5.78 Å². The van der Waals surface area contributed by atoms with E-state index in [9.17, 15) is 9.59 Å². The summed E-state index contributed by atoms with van der Waals surface area (Å²) in [7, 11) is 0. The molecule has 0 bridgehead atoms. The van der Waals surface area contributed by atoms with Crippen molar-refractivity contribution in [3.8, 4) is 0 Å². The number of carbonyl (C=O) groups excluding carboxylic acids is 1. The van der Waals surface area contributed by atoms with Crippen LogP contribution >= 0.6 is 0 Å². The molecule has 1 rings (SSSR count). The number of carbonyl (C=O) groups is 2. The monoisotopic (exact) mass is 211 g/mol. The number of aromatic nitrogens is 3. The summed E-state index contributed by atoms with van der Waals surface area (Å²) in [5.41, 5.74) is 0.367. The molecule has 0 saturated carbocycles. The summed E-state index contributed by atoms with van der Waals surface area (Å²) in [4.78, 5) is 21.9. The highest BCUT2D eigenvalue weighted by Crippen LogP contribution is 2.09. The fourth-order valence-corrected chi connectivity index (χ4v) is 1.17. The van der Waals surface area contributed by atoms with Gasteiger partial charge >= 0.3 is 5.97 Å². The summed E-state index contributed by atoms with van der Waals surface area (Å²) in [5.74, 6) is -1.22. The van der Waals surface area contributed by atoms with Gasteiger partial charge in [-0.3, -0.25) is 9.59 Å². The van der Waals surface area contributed by atoms with Gasteiger partial charge in [0.2, 0.25) is 0 Å². The molecule has 1 heterocycles. The summed E-state index contributed by atoms with van der Waals surface area (Å²) in [6.45, 7) is 3.76. The third-order valence-electron chi connectivity index (χ3n) is 1.92. The second-order valence-corrected chi connectivity index (χ2v) is 3.47. The summed E-state index contributed by atoms with van der Waals surface area (Å²) < 4.78 is 1.49. The first-order valence-corrected chi connectivity index (χ1v) is 4.67. The highest BCUT2D eigenvalue weighted by atomic mass is 16.4. The van der Waals surface area contributed by atoms with E-state index in [1.54, 1.807) is 0 Å². The summed E-state index contributed by atoms with van der Waals surface area (Å²) in [5, 5.41) is 15.8. The summed E-state index contributed by atoms with van der Waals surface area (Å²) >= 11 is 0. The largest absolute Gasteiger partial charge is 0.481 e. The van der Waals surface area contributed by atoms with Crippen molar-refractivity contribution in [3.63, 3.8) is 0 Å². The van der Waals surface area contributed by atoms with E-state index in [0.717, 1.165) is 0 Å². The van der Waals surface area contributed by atoms with Crippen LogP contribution in [0.25, 0.3) is 0 Å². The van der Waals surface area contributed by atoms with Crippen LogP contribution in [0.4, 0.5) is 0 Å². The zero-order valence-corrected chi connectivity index (χ0v) is 8.67. The number of carboxylic acid groups (broad SMARTS) is 1. The molecule has 0 saturated heterocycles. The van der Waals surface area contributed by atoms with Crippen LogP contribution in [0, 0.1) is 0 Å². The van der Waals surface area contributed by atoms with E-state index >= 15 is 0 Å². The smallest absolute Gasteiger partial charge is 0.303 e. The SMILES string of the molecule is CC(C)n1nncc1C(=O)CCC(=O)O. The lowest BCUT2D eigenvalue weighted by Gasteiger charge is -2.07. The van der Waals surface area contributed by atoms with E-state index in [0.29, 0.717) is 5.69 Å². The van der Waals surface area contributed by atoms with Crippen LogP contribution in [0.2, 0.25) is 0 Å². The number of carboxylic acids is 1. The highest BCUT2D eigenvalue weighted by molar-refractivity contribution is 5.95. The minimum Gasteiger partial charge on any atom is -0.481 e. The van der Waals surface area contributed by atoms with Crippen molar-refractivity contribution in [3.05, 3.63) is 11.9 Å². The van der Waals surface area contributed by atoms with Gasteiger partial charge in [-0.1, -0.05) is 5.21 Å². The van der Waals surface area contributed by atoms with Crippen LogP contribution in [-0.2, 0) is 4.79 Å². The minimum atomic E-state index is -0.980. The highest BCUT2D eigenvalue weighted by Gasteiger charge is 2.15. The van der Waals surface area contributed by atoms with Gasteiger partial charge in [0.1, 0.15) is 5.69 Å². The molecule has 0 amide bonds. The topological polar surface area (TPSA) is 85.1 Å². The Morgan fingerprint density at radius 2 is 2.13 bits per heavy atom. The number of nitrogens with zero attached hydrogens (tertiary/aromatic N) is 3. The Morgan fingerprint density at radius 3 is 2.67 bits per heavy atom. The molecule has 0 aliphatic heterocycles. The van der Waals surface area contributed by atoms with Crippen LogP contribution in [0.3, 0.4) is 0 Å². The molecular formula is C9H13N3O3. The molecule has 6 nitrogen and oxygen atoms in total. The fraction of sp³-hybridized carbons (Fsp3) is 0.556. The van der Waals surface area contributed by atoms with E-state index in [2.05, 4.69) is 10.3 Å². The van der Waals surface area contributed by atoms with Crippen LogP contribution in [0.1, 0.15) is 43.2 Å². The predicted molar refractivity (Wildman–Crippen MR) is 51.6 cm³/mol. The van der Waals surface area contributed by atoms with Gasteiger partial charge in [-0.25, -0.2) is 4.68 Å². The molecule has 6 heteroatoms. The molecule has 0 atom stereocenters. The van der Waals surface area contributed by atoms with Crippen molar-refractivity contribution in [2.24, 2.45) is 0 Å². The first kappa shape index (κ1) is 11.4.